The van der Waals surface area contributed by atoms with E-state index in [1.807, 2.05) is 19.1 Å². The number of esters is 2. The molecule has 128 valence electrons. The Bertz CT molecular complexity index is 550. The van der Waals surface area contributed by atoms with Gasteiger partial charge in [-0.1, -0.05) is 31.6 Å². The first-order valence-electron chi connectivity index (χ1n) is 8.09. The summed E-state index contributed by atoms with van der Waals surface area (Å²) in [6, 6.07) is 0. The van der Waals surface area contributed by atoms with E-state index < -0.39 is 0 Å². The molecule has 0 spiro atoms. The first-order valence-corrected chi connectivity index (χ1v) is 8.09. The SMILES string of the molecule is CCOC(=O)/C=C(C)/C=C/C1=C(C)CCC(OC(C)=O)C1(C)C. The van der Waals surface area contributed by atoms with Gasteiger partial charge in [0, 0.05) is 18.4 Å². The Labute approximate surface area is 139 Å². The lowest BCUT2D eigenvalue weighted by atomic mass is 9.70. The van der Waals surface area contributed by atoms with Gasteiger partial charge in [-0.15, -0.1) is 0 Å². The van der Waals surface area contributed by atoms with Crippen molar-refractivity contribution in [2.45, 2.75) is 60.5 Å². The molecule has 23 heavy (non-hydrogen) atoms. The molecule has 4 heteroatoms. The number of hydrogen-bond donors (Lipinski definition) is 0. The molecule has 0 radical (unpaired) electrons. The maximum absolute atomic E-state index is 11.5. The first kappa shape index (κ1) is 19.2. The van der Waals surface area contributed by atoms with Gasteiger partial charge in [0.15, 0.2) is 0 Å². The number of rotatable bonds is 5. The van der Waals surface area contributed by atoms with Crippen molar-refractivity contribution in [3.05, 3.63) is 34.9 Å². The van der Waals surface area contributed by atoms with Crippen LogP contribution in [0.5, 0.6) is 0 Å². The van der Waals surface area contributed by atoms with Crippen LogP contribution in [0, 0.1) is 5.41 Å². The van der Waals surface area contributed by atoms with Gasteiger partial charge in [0.1, 0.15) is 6.10 Å². The summed E-state index contributed by atoms with van der Waals surface area (Å²) in [7, 11) is 0. The minimum atomic E-state index is -0.332. The van der Waals surface area contributed by atoms with E-state index in [4.69, 9.17) is 9.47 Å². The minimum Gasteiger partial charge on any atom is -0.463 e. The van der Waals surface area contributed by atoms with E-state index in [1.165, 1.54) is 18.6 Å². The summed E-state index contributed by atoms with van der Waals surface area (Å²) >= 11 is 0. The molecule has 0 saturated carbocycles. The summed E-state index contributed by atoms with van der Waals surface area (Å²) in [4.78, 5) is 22.8. The van der Waals surface area contributed by atoms with Crippen LogP contribution < -0.4 is 0 Å². The van der Waals surface area contributed by atoms with E-state index in [0.717, 1.165) is 24.0 Å². The molecule has 4 nitrogen and oxygen atoms in total. The average Bonchev–Trinajstić information content (AvgIpc) is 2.41. The van der Waals surface area contributed by atoms with E-state index in [1.54, 1.807) is 6.92 Å². The zero-order valence-corrected chi connectivity index (χ0v) is 15.1. The molecule has 1 unspecified atom stereocenters. The number of carbonyl (C=O) groups excluding carboxylic acids is 2. The number of hydrogen-bond acceptors (Lipinski definition) is 4. The van der Waals surface area contributed by atoms with Crippen LogP contribution in [0.1, 0.15) is 54.4 Å². The van der Waals surface area contributed by atoms with E-state index in [2.05, 4.69) is 20.8 Å². The zero-order valence-electron chi connectivity index (χ0n) is 15.1. The summed E-state index contributed by atoms with van der Waals surface area (Å²) in [6.07, 6.45) is 7.03. The molecule has 1 aliphatic carbocycles. The topological polar surface area (TPSA) is 52.6 Å². The van der Waals surface area contributed by atoms with E-state index in [9.17, 15) is 9.59 Å². The van der Waals surface area contributed by atoms with Gasteiger partial charge in [0.25, 0.3) is 0 Å². The van der Waals surface area contributed by atoms with Crippen LogP contribution in [-0.2, 0) is 19.1 Å². The molecule has 1 rings (SSSR count). The molecule has 0 fully saturated rings. The van der Waals surface area contributed by atoms with Crippen molar-refractivity contribution in [1.82, 2.24) is 0 Å². The highest BCUT2D eigenvalue weighted by atomic mass is 16.5. The van der Waals surface area contributed by atoms with Crippen LogP contribution in [0.15, 0.2) is 34.9 Å². The summed E-state index contributed by atoms with van der Waals surface area (Å²) in [6.45, 7) is 11.8. The number of allylic oxidation sites excluding steroid dienone is 4. The molecule has 0 saturated heterocycles. The molecule has 0 aromatic carbocycles. The van der Waals surface area contributed by atoms with Gasteiger partial charge < -0.3 is 9.47 Å². The van der Waals surface area contributed by atoms with Crippen molar-refractivity contribution in [2.24, 2.45) is 5.41 Å². The highest BCUT2D eigenvalue weighted by molar-refractivity contribution is 5.83. The Balaban J connectivity index is 2.98. The van der Waals surface area contributed by atoms with Crippen molar-refractivity contribution in [1.29, 1.82) is 0 Å². The Kier molecular flexibility index (Phi) is 6.79. The largest absolute Gasteiger partial charge is 0.463 e. The van der Waals surface area contributed by atoms with Gasteiger partial charge in [0.2, 0.25) is 0 Å². The fourth-order valence-electron chi connectivity index (χ4n) is 2.96. The third kappa shape index (κ3) is 5.38. The van der Waals surface area contributed by atoms with Crippen LogP contribution in [0.4, 0.5) is 0 Å². The van der Waals surface area contributed by atoms with Gasteiger partial charge >= 0.3 is 11.9 Å². The fraction of sp³-hybridized carbons (Fsp3) is 0.579. The van der Waals surface area contributed by atoms with Gasteiger partial charge in [-0.05, 0) is 44.8 Å². The highest BCUT2D eigenvalue weighted by Gasteiger charge is 2.38. The lowest BCUT2D eigenvalue weighted by molar-refractivity contribution is -0.152. The Morgan fingerprint density at radius 2 is 1.96 bits per heavy atom. The van der Waals surface area contributed by atoms with Crippen LogP contribution >= 0.6 is 0 Å². The average molecular weight is 320 g/mol. The van der Waals surface area contributed by atoms with Gasteiger partial charge in [-0.25, -0.2) is 4.79 Å². The van der Waals surface area contributed by atoms with Crippen molar-refractivity contribution >= 4 is 11.9 Å². The number of carbonyl (C=O) groups is 2. The molecule has 0 bridgehead atoms. The van der Waals surface area contributed by atoms with Gasteiger partial charge in [-0.3, -0.25) is 4.79 Å². The van der Waals surface area contributed by atoms with Gasteiger partial charge in [0.05, 0.1) is 6.61 Å². The third-order valence-corrected chi connectivity index (χ3v) is 4.19. The second kappa shape index (κ2) is 8.14. The quantitative estimate of drug-likeness (QED) is 0.434. The lowest BCUT2D eigenvalue weighted by Gasteiger charge is -2.40. The standard InChI is InChI=1S/C19H28O4/c1-7-22-18(21)12-13(2)8-10-16-14(3)9-11-17(19(16,5)6)23-15(4)20/h8,10,12,17H,7,9,11H2,1-6H3/b10-8+,13-12+. The van der Waals surface area contributed by atoms with Crippen LogP contribution in [0.2, 0.25) is 0 Å². The van der Waals surface area contributed by atoms with E-state index >= 15 is 0 Å². The first-order chi connectivity index (χ1) is 10.7. The van der Waals surface area contributed by atoms with E-state index in [-0.39, 0.29) is 23.5 Å². The fourth-order valence-corrected chi connectivity index (χ4v) is 2.96. The highest BCUT2D eigenvalue weighted by Crippen LogP contribution is 2.42. The normalized spacial score (nSPS) is 21.5. The van der Waals surface area contributed by atoms with Gasteiger partial charge in [-0.2, -0.15) is 0 Å². The number of ether oxygens (including phenoxy) is 2. The molecule has 0 aromatic rings. The summed E-state index contributed by atoms with van der Waals surface area (Å²) in [5.41, 5.74) is 3.02. The Hall–Kier alpha value is -1.84. The molecule has 1 atom stereocenters. The van der Waals surface area contributed by atoms with Crippen molar-refractivity contribution in [3.8, 4) is 0 Å². The molecule has 0 aromatic heterocycles. The molecule has 0 N–H and O–H groups in total. The Morgan fingerprint density at radius 3 is 2.52 bits per heavy atom. The van der Waals surface area contributed by atoms with Crippen LogP contribution in [-0.4, -0.2) is 24.6 Å². The molecular weight excluding hydrogens is 292 g/mol. The summed E-state index contributed by atoms with van der Waals surface area (Å²) < 4.78 is 10.4. The smallest absolute Gasteiger partial charge is 0.330 e. The summed E-state index contributed by atoms with van der Waals surface area (Å²) in [5, 5.41) is 0. The second-order valence-electron chi connectivity index (χ2n) is 6.53. The molecule has 1 aliphatic rings. The minimum absolute atomic E-state index is 0.127. The van der Waals surface area contributed by atoms with Crippen molar-refractivity contribution < 1.29 is 19.1 Å². The maximum Gasteiger partial charge on any atom is 0.330 e. The van der Waals surface area contributed by atoms with E-state index in [0.29, 0.717) is 6.61 Å². The lowest BCUT2D eigenvalue weighted by Crippen LogP contribution is -2.38. The zero-order chi connectivity index (χ0) is 17.6. The molecule has 0 heterocycles. The van der Waals surface area contributed by atoms with Crippen molar-refractivity contribution in [2.75, 3.05) is 6.61 Å². The molecule has 0 aliphatic heterocycles. The third-order valence-electron chi connectivity index (χ3n) is 4.19. The second-order valence-corrected chi connectivity index (χ2v) is 6.53. The van der Waals surface area contributed by atoms with Crippen LogP contribution in [0.25, 0.3) is 0 Å². The molecule has 0 amide bonds. The maximum atomic E-state index is 11.5. The van der Waals surface area contributed by atoms with Crippen LogP contribution in [0.3, 0.4) is 0 Å². The monoisotopic (exact) mass is 320 g/mol. The predicted octanol–water partition coefficient (Wildman–Crippen LogP) is 4.12. The summed E-state index contributed by atoms with van der Waals surface area (Å²) in [5.74, 6) is -0.578. The Morgan fingerprint density at radius 1 is 1.30 bits per heavy atom. The predicted molar refractivity (Wildman–Crippen MR) is 90.8 cm³/mol. The van der Waals surface area contributed by atoms with Crippen molar-refractivity contribution in [3.63, 3.8) is 0 Å². The molecular formula is C19H28O4.